The van der Waals surface area contributed by atoms with E-state index in [4.69, 9.17) is 0 Å². The van der Waals surface area contributed by atoms with E-state index in [1.54, 1.807) is 6.08 Å². The minimum absolute atomic E-state index is 0.861. The fraction of sp³-hybridized carbons (Fsp3) is 0.143. The Balaban J connectivity index is 3.41. The zero-order valence-corrected chi connectivity index (χ0v) is 5.83. The van der Waals surface area contributed by atoms with E-state index >= 15 is 0 Å². The van der Waals surface area contributed by atoms with E-state index < -0.39 is 0 Å². The van der Waals surface area contributed by atoms with Crippen LogP contribution in [-0.4, -0.2) is 15.4 Å². The van der Waals surface area contributed by atoms with Crippen molar-refractivity contribution in [2.24, 2.45) is 0 Å². The molecule has 0 aliphatic carbocycles. The Kier molecular flexibility index (Phi) is 1.99. The first kappa shape index (κ1) is 6.74. The van der Waals surface area contributed by atoms with Crippen LogP contribution in [0.5, 0.6) is 0 Å². The first-order valence-electron chi connectivity index (χ1n) is 3.04. The van der Waals surface area contributed by atoms with Crippen molar-refractivity contribution in [1.29, 1.82) is 0 Å². The topological polar surface area (TPSA) is 41.6 Å². The van der Waals surface area contributed by atoms with Crippen LogP contribution in [0.25, 0.3) is 12.2 Å². The molecular formula is C7H9N3. The summed E-state index contributed by atoms with van der Waals surface area (Å²) in [7, 11) is 0. The van der Waals surface area contributed by atoms with Gasteiger partial charge >= 0.3 is 0 Å². The van der Waals surface area contributed by atoms with Gasteiger partial charge in [-0.3, -0.25) is 5.10 Å². The van der Waals surface area contributed by atoms with Crippen LogP contribution in [0.4, 0.5) is 0 Å². The maximum atomic E-state index is 3.81. The molecule has 52 valence electrons. The third-order valence-corrected chi connectivity index (χ3v) is 1.16. The lowest BCUT2D eigenvalue weighted by Gasteiger charge is -1.69. The van der Waals surface area contributed by atoms with Gasteiger partial charge in [0.15, 0.2) is 0 Å². The van der Waals surface area contributed by atoms with E-state index in [0.717, 1.165) is 10.7 Å². The van der Waals surface area contributed by atoms with Gasteiger partial charge in [0.1, 0.15) is 5.35 Å². The molecule has 1 rings (SSSR count). The summed E-state index contributed by atoms with van der Waals surface area (Å²) in [4.78, 5) is 0. The van der Waals surface area contributed by atoms with E-state index in [0.29, 0.717) is 0 Å². The number of nitrogens with one attached hydrogen (secondary N) is 1. The number of allylic oxidation sites excluding steroid dienone is 1. The smallest absolute Gasteiger partial charge is 0.108 e. The molecule has 0 amide bonds. The highest BCUT2D eigenvalue weighted by molar-refractivity contribution is 5.32. The third kappa shape index (κ3) is 1.13. The minimum atomic E-state index is 0.861. The number of aromatic amines is 1. The van der Waals surface area contributed by atoms with Gasteiger partial charge in [0.25, 0.3) is 0 Å². The summed E-state index contributed by atoms with van der Waals surface area (Å²) in [6.45, 7) is 5.48. The van der Waals surface area contributed by atoms with E-state index in [9.17, 15) is 0 Å². The molecule has 1 aromatic heterocycles. The van der Waals surface area contributed by atoms with Crippen LogP contribution in [0.1, 0.15) is 6.92 Å². The second-order valence-electron chi connectivity index (χ2n) is 1.80. The molecule has 1 N–H and O–H groups in total. The van der Waals surface area contributed by atoms with Crippen molar-refractivity contribution in [2.75, 3.05) is 0 Å². The Morgan fingerprint density at radius 3 is 3.00 bits per heavy atom. The Hall–Kier alpha value is -1.38. The Bertz CT molecular complexity index is 321. The first-order chi connectivity index (χ1) is 4.88. The SMILES string of the molecule is C=C/C=c1/[nH]nn/c1=C/C. The van der Waals surface area contributed by atoms with Crippen LogP contribution in [0.2, 0.25) is 0 Å². The number of H-pyrrole nitrogens is 1. The summed E-state index contributed by atoms with van der Waals surface area (Å²) < 4.78 is 0. The summed E-state index contributed by atoms with van der Waals surface area (Å²) in [6.07, 6.45) is 5.41. The molecule has 0 aromatic carbocycles. The number of rotatable bonds is 1. The van der Waals surface area contributed by atoms with Gasteiger partial charge in [-0.15, -0.1) is 5.10 Å². The van der Waals surface area contributed by atoms with Gasteiger partial charge in [-0.1, -0.05) is 23.9 Å². The molecule has 0 fully saturated rings. The van der Waals surface area contributed by atoms with Gasteiger partial charge < -0.3 is 0 Å². The van der Waals surface area contributed by atoms with Crippen LogP contribution in [0, 0.1) is 0 Å². The zero-order chi connectivity index (χ0) is 7.40. The number of aromatic nitrogens is 3. The zero-order valence-electron chi connectivity index (χ0n) is 5.83. The fourth-order valence-corrected chi connectivity index (χ4v) is 0.698. The average Bonchev–Trinajstić information content (AvgIpc) is 2.36. The summed E-state index contributed by atoms with van der Waals surface area (Å²) in [5.41, 5.74) is 0. The maximum Gasteiger partial charge on any atom is 0.108 e. The standard InChI is InChI=1S/C7H9N3/c1-3-5-7-6(4-2)8-10-9-7/h3-5H,1H2,2H3,(H,8,9)/b6-4+,7-5+. The van der Waals surface area contributed by atoms with Gasteiger partial charge in [0.2, 0.25) is 0 Å². The molecule has 0 saturated heterocycles. The van der Waals surface area contributed by atoms with Crippen LogP contribution < -0.4 is 10.7 Å². The van der Waals surface area contributed by atoms with Crippen LogP contribution >= 0.6 is 0 Å². The second kappa shape index (κ2) is 2.96. The molecule has 10 heavy (non-hydrogen) atoms. The predicted molar refractivity (Wildman–Crippen MR) is 40.4 cm³/mol. The van der Waals surface area contributed by atoms with Crippen LogP contribution in [-0.2, 0) is 0 Å². The van der Waals surface area contributed by atoms with Gasteiger partial charge in [0, 0.05) is 0 Å². The fourth-order valence-electron chi connectivity index (χ4n) is 0.698. The van der Waals surface area contributed by atoms with Crippen molar-refractivity contribution >= 4 is 12.2 Å². The van der Waals surface area contributed by atoms with Gasteiger partial charge in [-0.25, -0.2) is 0 Å². The van der Waals surface area contributed by atoms with Crippen molar-refractivity contribution < 1.29 is 0 Å². The minimum Gasteiger partial charge on any atom is -0.258 e. The maximum absolute atomic E-state index is 3.81. The van der Waals surface area contributed by atoms with Crippen molar-refractivity contribution in [2.45, 2.75) is 6.92 Å². The number of nitrogens with zero attached hydrogens (tertiary/aromatic N) is 2. The highest BCUT2D eigenvalue weighted by atomic mass is 15.3. The summed E-state index contributed by atoms with van der Waals surface area (Å²) in [6, 6.07) is 0. The van der Waals surface area contributed by atoms with Crippen molar-refractivity contribution in [1.82, 2.24) is 15.4 Å². The van der Waals surface area contributed by atoms with Crippen LogP contribution in [0.15, 0.2) is 12.7 Å². The predicted octanol–water partition coefficient (Wildman–Crippen LogP) is -0.428. The molecule has 0 aliphatic heterocycles. The lowest BCUT2D eigenvalue weighted by molar-refractivity contribution is 0.925. The summed E-state index contributed by atoms with van der Waals surface area (Å²) in [5.74, 6) is 0. The Labute approximate surface area is 58.8 Å². The van der Waals surface area contributed by atoms with E-state index in [-0.39, 0.29) is 0 Å². The number of hydrogen-bond acceptors (Lipinski definition) is 2. The first-order valence-corrected chi connectivity index (χ1v) is 3.04. The van der Waals surface area contributed by atoms with Gasteiger partial charge in [0.05, 0.1) is 5.35 Å². The molecule has 0 saturated carbocycles. The molecule has 1 aromatic rings. The third-order valence-electron chi connectivity index (χ3n) is 1.16. The quantitative estimate of drug-likeness (QED) is 0.567. The lowest BCUT2D eigenvalue weighted by atomic mass is 10.4. The average molecular weight is 135 g/mol. The molecule has 3 nitrogen and oxygen atoms in total. The summed E-state index contributed by atoms with van der Waals surface area (Å²) >= 11 is 0. The monoisotopic (exact) mass is 135 g/mol. The van der Waals surface area contributed by atoms with E-state index in [1.807, 2.05) is 19.1 Å². The highest BCUT2D eigenvalue weighted by Crippen LogP contribution is 1.59. The van der Waals surface area contributed by atoms with Gasteiger partial charge in [-0.05, 0) is 13.0 Å². The molecule has 0 bridgehead atoms. The number of hydrogen-bond donors (Lipinski definition) is 1. The summed E-state index contributed by atoms with van der Waals surface area (Å²) in [5, 5.41) is 11.9. The van der Waals surface area contributed by atoms with E-state index in [2.05, 4.69) is 22.0 Å². The Morgan fingerprint density at radius 2 is 2.40 bits per heavy atom. The van der Waals surface area contributed by atoms with Crippen molar-refractivity contribution in [3.8, 4) is 0 Å². The molecule has 0 atom stereocenters. The Morgan fingerprint density at radius 1 is 1.60 bits per heavy atom. The molecule has 0 aliphatic rings. The molecule has 0 unspecified atom stereocenters. The van der Waals surface area contributed by atoms with Crippen molar-refractivity contribution in [3.05, 3.63) is 23.4 Å². The van der Waals surface area contributed by atoms with Gasteiger partial charge in [-0.2, -0.15) is 0 Å². The molecular weight excluding hydrogens is 126 g/mol. The molecule has 1 heterocycles. The normalized spacial score (nSPS) is 14.1. The lowest BCUT2D eigenvalue weighted by Crippen LogP contribution is -2.23. The highest BCUT2D eigenvalue weighted by Gasteiger charge is 1.82. The van der Waals surface area contributed by atoms with Crippen molar-refractivity contribution in [3.63, 3.8) is 0 Å². The largest absolute Gasteiger partial charge is 0.258 e. The molecule has 0 spiro atoms. The van der Waals surface area contributed by atoms with E-state index in [1.165, 1.54) is 0 Å². The second-order valence-corrected chi connectivity index (χ2v) is 1.80. The molecule has 3 heteroatoms. The van der Waals surface area contributed by atoms with Crippen LogP contribution in [0.3, 0.4) is 0 Å². The molecule has 0 radical (unpaired) electrons.